The maximum absolute atomic E-state index is 13.1. The van der Waals surface area contributed by atoms with Crippen LogP contribution in [0.3, 0.4) is 0 Å². The first-order valence-electron chi connectivity index (χ1n) is 8.75. The van der Waals surface area contributed by atoms with Crippen LogP contribution >= 0.6 is 0 Å². The van der Waals surface area contributed by atoms with E-state index in [9.17, 15) is 9.59 Å². The van der Waals surface area contributed by atoms with Gasteiger partial charge >= 0.3 is 0 Å². The smallest absolute Gasteiger partial charge is 0.265 e. The average Bonchev–Trinajstić information content (AvgIpc) is 2.70. The number of carbonyl (C=O) groups excluding carboxylic acids is 1. The van der Waals surface area contributed by atoms with E-state index in [0.717, 1.165) is 11.3 Å². The molecular weight excluding hydrogens is 354 g/mol. The molecular formula is C21H17N5O2. The molecule has 7 heteroatoms. The number of fused-ring (bicyclic) bond motifs is 1. The molecule has 0 bridgehead atoms. The molecule has 3 aromatic heterocycles. The number of nitrogens with zero attached hydrogens (tertiary/aromatic N) is 4. The summed E-state index contributed by atoms with van der Waals surface area (Å²) in [4.78, 5) is 38.4. The van der Waals surface area contributed by atoms with E-state index in [1.807, 2.05) is 36.4 Å². The van der Waals surface area contributed by atoms with Crippen molar-refractivity contribution in [2.45, 2.75) is 13.5 Å². The summed E-state index contributed by atoms with van der Waals surface area (Å²) >= 11 is 0. The highest BCUT2D eigenvalue weighted by Gasteiger charge is 2.17. The van der Waals surface area contributed by atoms with Crippen molar-refractivity contribution in [1.82, 2.24) is 19.5 Å². The number of nitrogens with one attached hydrogen (secondary N) is 1. The van der Waals surface area contributed by atoms with Crippen LogP contribution in [0, 0.1) is 6.92 Å². The van der Waals surface area contributed by atoms with Gasteiger partial charge in [0.25, 0.3) is 11.5 Å². The number of aromatic nitrogens is 4. The fourth-order valence-corrected chi connectivity index (χ4v) is 2.96. The van der Waals surface area contributed by atoms with Crippen molar-refractivity contribution < 1.29 is 4.79 Å². The molecule has 0 aliphatic rings. The molecule has 1 amide bonds. The lowest BCUT2D eigenvalue weighted by Crippen LogP contribution is -2.30. The van der Waals surface area contributed by atoms with Crippen molar-refractivity contribution in [2.75, 3.05) is 5.32 Å². The fraction of sp³-hybridized carbons (Fsp3) is 0.0952. The Bertz CT molecular complexity index is 1220. The Morgan fingerprint density at radius 3 is 2.64 bits per heavy atom. The van der Waals surface area contributed by atoms with Gasteiger partial charge in [-0.3, -0.25) is 19.5 Å². The quantitative estimate of drug-likeness (QED) is 0.596. The topological polar surface area (TPSA) is 89.8 Å². The Kier molecular flexibility index (Phi) is 4.63. The zero-order valence-corrected chi connectivity index (χ0v) is 15.2. The van der Waals surface area contributed by atoms with E-state index >= 15 is 0 Å². The van der Waals surface area contributed by atoms with Crippen LogP contribution in [-0.4, -0.2) is 25.4 Å². The highest BCUT2D eigenvalue weighted by atomic mass is 16.2. The molecule has 7 nitrogen and oxygen atoms in total. The number of aryl methyl sites for hydroxylation is 1. The SMILES string of the molecule is Cc1ccnc(NC(=O)c2cc3cccnc3n(Cc3ccccc3)c2=O)n1. The van der Waals surface area contributed by atoms with Crippen LogP contribution in [0.5, 0.6) is 0 Å². The van der Waals surface area contributed by atoms with Crippen LogP contribution in [0.25, 0.3) is 11.0 Å². The molecule has 3 heterocycles. The number of hydrogen-bond acceptors (Lipinski definition) is 5. The Labute approximate surface area is 160 Å². The lowest BCUT2D eigenvalue weighted by molar-refractivity contribution is 0.102. The van der Waals surface area contributed by atoms with Gasteiger partial charge in [-0.1, -0.05) is 30.3 Å². The van der Waals surface area contributed by atoms with E-state index in [1.165, 1.54) is 4.57 Å². The van der Waals surface area contributed by atoms with Crippen molar-refractivity contribution >= 4 is 22.9 Å². The number of carbonyl (C=O) groups is 1. The normalized spacial score (nSPS) is 10.8. The first kappa shape index (κ1) is 17.5. The molecule has 0 aliphatic heterocycles. The third-order valence-corrected chi connectivity index (χ3v) is 4.30. The van der Waals surface area contributed by atoms with Crippen molar-refractivity contribution in [1.29, 1.82) is 0 Å². The molecule has 0 spiro atoms. The van der Waals surface area contributed by atoms with Crippen molar-refractivity contribution in [3.63, 3.8) is 0 Å². The van der Waals surface area contributed by atoms with E-state index in [1.54, 1.807) is 37.5 Å². The fourth-order valence-electron chi connectivity index (χ4n) is 2.96. The molecule has 138 valence electrons. The summed E-state index contributed by atoms with van der Waals surface area (Å²) in [5.41, 5.74) is 1.78. The molecule has 4 rings (SSSR count). The highest BCUT2D eigenvalue weighted by molar-refractivity contribution is 6.04. The second-order valence-corrected chi connectivity index (χ2v) is 6.33. The van der Waals surface area contributed by atoms with Crippen LogP contribution in [0.2, 0.25) is 0 Å². The number of amides is 1. The number of benzene rings is 1. The molecule has 4 aromatic rings. The Hall–Kier alpha value is -3.87. The third-order valence-electron chi connectivity index (χ3n) is 4.30. The molecule has 0 radical (unpaired) electrons. The summed E-state index contributed by atoms with van der Waals surface area (Å²) in [5, 5.41) is 3.30. The van der Waals surface area contributed by atoms with Crippen LogP contribution in [0.1, 0.15) is 21.6 Å². The Balaban J connectivity index is 1.79. The maximum Gasteiger partial charge on any atom is 0.265 e. The summed E-state index contributed by atoms with van der Waals surface area (Å²) in [6.07, 6.45) is 3.18. The average molecular weight is 371 g/mol. The summed E-state index contributed by atoms with van der Waals surface area (Å²) in [7, 11) is 0. The molecule has 1 N–H and O–H groups in total. The van der Waals surface area contributed by atoms with Gasteiger partial charge in [-0.25, -0.2) is 15.0 Å². The second-order valence-electron chi connectivity index (χ2n) is 6.33. The first-order valence-corrected chi connectivity index (χ1v) is 8.75. The van der Waals surface area contributed by atoms with Crippen molar-refractivity contribution in [3.05, 3.63) is 94.2 Å². The maximum atomic E-state index is 13.1. The van der Waals surface area contributed by atoms with E-state index in [4.69, 9.17) is 0 Å². The summed E-state index contributed by atoms with van der Waals surface area (Å²) in [6, 6.07) is 16.4. The zero-order valence-electron chi connectivity index (χ0n) is 15.2. The minimum Gasteiger partial charge on any atom is -0.290 e. The van der Waals surface area contributed by atoms with E-state index < -0.39 is 11.5 Å². The van der Waals surface area contributed by atoms with Gasteiger partial charge in [-0.05, 0) is 36.8 Å². The molecule has 0 fully saturated rings. The number of hydrogen-bond donors (Lipinski definition) is 1. The van der Waals surface area contributed by atoms with Gasteiger partial charge in [0, 0.05) is 23.5 Å². The third kappa shape index (κ3) is 3.50. The van der Waals surface area contributed by atoms with Gasteiger partial charge in [0.2, 0.25) is 5.95 Å². The predicted octanol–water partition coefficient (Wildman–Crippen LogP) is 2.80. The van der Waals surface area contributed by atoms with Gasteiger partial charge in [-0.2, -0.15) is 0 Å². The Morgan fingerprint density at radius 2 is 1.86 bits per heavy atom. The van der Waals surface area contributed by atoms with Gasteiger partial charge < -0.3 is 0 Å². The summed E-state index contributed by atoms with van der Waals surface area (Å²) < 4.78 is 1.51. The number of pyridine rings is 2. The van der Waals surface area contributed by atoms with Gasteiger partial charge in [0.05, 0.1) is 6.54 Å². The summed E-state index contributed by atoms with van der Waals surface area (Å²) in [5.74, 6) is -0.395. The summed E-state index contributed by atoms with van der Waals surface area (Å²) in [6.45, 7) is 2.11. The highest BCUT2D eigenvalue weighted by Crippen LogP contribution is 2.14. The lowest BCUT2D eigenvalue weighted by Gasteiger charge is -2.12. The van der Waals surface area contributed by atoms with E-state index in [-0.39, 0.29) is 11.5 Å². The lowest BCUT2D eigenvalue weighted by atomic mass is 10.1. The van der Waals surface area contributed by atoms with Gasteiger partial charge in [-0.15, -0.1) is 0 Å². The molecule has 0 aliphatic carbocycles. The second kappa shape index (κ2) is 7.40. The minimum absolute atomic E-state index is 0.0153. The molecule has 0 atom stereocenters. The van der Waals surface area contributed by atoms with Crippen molar-refractivity contribution in [2.24, 2.45) is 0 Å². The van der Waals surface area contributed by atoms with Gasteiger partial charge in [0.15, 0.2) is 0 Å². The number of rotatable bonds is 4. The van der Waals surface area contributed by atoms with Crippen LogP contribution in [0.15, 0.2) is 71.8 Å². The molecule has 0 saturated heterocycles. The monoisotopic (exact) mass is 371 g/mol. The molecule has 0 saturated carbocycles. The number of anilines is 1. The van der Waals surface area contributed by atoms with Crippen molar-refractivity contribution in [3.8, 4) is 0 Å². The first-order chi connectivity index (χ1) is 13.6. The minimum atomic E-state index is -0.553. The van der Waals surface area contributed by atoms with E-state index in [2.05, 4.69) is 20.3 Å². The molecule has 28 heavy (non-hydrogen) atoms. The van der Waals surface area contributed by atoms with Crippen LogP contribution < -0.4 is 10.9 Å². The zero-order chi connectivity index (χ0) is 19.5. The van der Waals surface area contributed by atoms with E-state index in [0.29, 0.717) is 17.6 Å². The molecule has 0 unspecified atom stereocenters. The molecule has 1 aromatic carbocycles. The van der Waals surface area contributed by atoms with Crippen LogP contribution in [-0.2, 0) is 6.54 Å². The van der Waals surface area contributed by atoms with Gasteiger partial charge in [0.1, 0.15) is 11.2 Å². The Morgan fingerprint density at radius 1 is 1.04 bits per heavy atom. The largest absolute Gasteiger partial charge is 0.290 e. The van der Waals surface area contributed by atoms with Crippen LogP contribution in [0.4, 0.5) is 5.95 Å². The standard InChI is InChI=1S/C21H17N5O2/c1-14-9-11-23-21(24-14)25-19(27)17-12-16-8-5-10-22-18(16)26(20(17)28)13-15-6-3-2-4-7-15/h2-12H,13H2,1H3,(H,23,24,25,27). The predicted molar refractivity (Wildman–Crippen MR) is 106 cm³/mol.